The van der Waals surface area contributed by atoms with E-state index in [0.29, 0.717) is 36.6 Å². The molecule has 0 spiro atoms. The van der Waals surface area contributed by atoms with E-state index >= 15 is 0 Å². The molecule has 0 amide bonds. The number of thioether (sulfide) groups is 1. The maximum Gasteiger partial charge on any atom is 0.343 e. The zero-order valence-electron chi connectivity index (χ0n) is 18.2. The fourth-order valence-electron chi connectivity index (χ4n) is 4.01. The fourth-order valence-corrected chi connectivity index (χ4v) is 4.99. The summed E-state index contributed by atoms with van der Waals surface area (Å²) in [6.45, 7) is 7.55. The summed E-state index contributed by atoms with van der Waals surface area (Å²) in [4.78, 5) is 19.0. The topological polar surface area (TPSA) is 69.4 Å². The number of aromatic hydroxyl groups is 1. The standard InChI is InChI=1S/C23H30FN3O4S/c24-19-1-3-20(4-2-19)30-12-9-25-5-7-26(8-6-25)16-21-22(28)18(17-31-23(21)29)15-27-10-13-32-14-11-27/h1-4,17,28H,5-16H2. The van der Waals surface area contributed by atoms with E-state index in [2.05, 4.69) is 14.7 Å². The summed E-state index contributed by atoms with van der Waals surface area (Å²) < 4.78 is 23.9. The van der Waals surface area contributed by atoms with Crippen molar-refractivity contribution in [3.8, 4) is 11.5 Å². The highest BCUT2D eigenvalue weighted by Crippen LogP contribution is 2.24. The van der Waals surface area contributed by atoms with E-state index in [9.17, 15) is 14.3 Å². The summed E-state index contributed by atoms with van der Waals surface area (Å²) >= 11 is 1.94. The number of hydrogen-bond acceptors (Lipinski definition) is 8. The molecule has 2 saturated heterocycles. The molecule has 2 aliphatic heterocycles. The SMILES string of the molecule is O=c1occ(CN2CCSCC2)c(O)c1CN1CCN(CCOc2ccc(F)cc2)CC1. The minimum Gasteiger partial charge on any atom is -0.507 e. The Bertz CT molecular complexity index is 926. The molecule has 2 aliphatic rings. The summed E-state index contributed by atoms with van der Waals surface area (Å²) in [7, 11) is 0. The van der Waals surface area contributed by atoms with E-state index in [1.807, 2.05) is 11.8 Å². The van der Waals surface area contributed by atoms with Gasteiger partial charge in [0.1, 0.15) is 30.2 Å². The van der Waals surface area contributed by atoms with Gasteiger partial charge in [0.2, 0.25) is 0 Å². The van der Waals surface area contributed by atoms with E-state index in [1.54, 1.807) is 12.1 Å². The normalized spacial score (nSPS) is 18.7. The van der Waals surface area contributed by atoms with Crippen molar-refractivity contribution in [2.24, 2.45) is 0 Å². The second kappa shape index (κ2) is 11.2. The van der Waals surface area contributed by atoms with Gasteiger partial charge in [-0.2, -0.15) is 11.8 Å². The Morgan fingerprint density at radius 3 is 2.34 bits per heavy atom. The van der Waals surface area contributed by atoms with Crippen molar-refractivity contribution in [2.45, 2.75) is 13.1 Å². The highest BCUT2D eigenvalue weighted by atomic mass is 32.2. The van der Waals surface area contributed by atoms with Crippen LogP contribution in [-0.2, 0) is 13.1 Å². The number of hydrogen-bond donors (Lipinski definition) is 1. The van der Waals surface area contributed by atoms with Gasteiger partial charge in [-0.25, -0.2) is 9.18 Å². The summed E-state index contributed by atoms with van der Waals surface area (Å²) in [6, 6.07) is 6.04. The van der Waals surface area contributed by atoms with Crippen LogP contribution in [0.25, 0.3) is 0 Å². The maximum atomic E-state index is 13.0. The molecule has 1 N–H and O–H groups in total. The smallest absolute Gasteiger partial charge is 0.343 e. The Morgan fingerprint density at radius 1 is 0.969 bits per heavy atom. The fraction of sp³-hybridized carbons (Fsp3) is 0.522. The Labute approximate surface area is 191 Å². The molecule has 2 fully saturated rings. The van der Waals surface area contributed by atoms with Crippen LogP contribution in [-0.4, -0.2) is 83.7 Å². The molecule has 0 aliphatic carbocycles. The molecule has 174 valence electrons. The second-order valence-electron chi connectivity index (χ2n) is 8.18. The highest BCUT2D eigenvalue weighted by molar-refractivity contribution is 7.99. The van der Waals surface area contributed by atoms with Crippen molar-refractivity contribution in [3.63, 3.8) is 0 Å². The number of halogens is 1. The van der Waals surface area contributed by atoms with E-state index in [-0.39, 0.29) is 11.6 Å². The first-order valence-electron chi connectivity index (χ1n) is 11.0. The Kier molecular flexibility index (Phi) is 8.07. The predicted molar refractivity (Wildman–Crippen MR) is 123 cm³/mol. The summed E-state index contributed by atoms with van der Waals surface area (Å²) in [5, 5.41) is 10.8. The van der Waals surface area contributed by atoms with Gasteiger partial charge in [0, 0.05) is 76.0 Å². The van der Waals surface area contributed by atoms with Gasteiger partial charge in [-0.3, -0.25) is 14.7 Å². The first-order valence-corrected chi connectivity index (χ1v) is 12.2. The van der Waals surface area contributed by atoms with Gasteiger partial charge in [-0.1, -0.05) is 0 Å². The van der Waals surface area contributed by atoms with Crippen LogP contribution in [0.4, 0.5) is 4.39 Å². The van der Waals surface area contributed by atoms with Crippen LogP contribution < -0.4 is 10.4 Å². The molecule has 1 aromatic heterocycles. The van der Waals surface area contributed by atoms with Crippen molar-refractivity contribution in [2.75, 3.05) is 63.9 Å². The van der Waals surface area contributed by atoms with Crippen molar-refractivity contribution < 1.29 is 18.7 Å². The highest BCUT2D eigenvalue weighted by Gasteiger charge is 2.22. The third-order valence-electron chi connectivity index (χ3n) is 5.98. The molecule has 0 bridgehead atoms. The molecule has 0 saturated carbocycles. The first kappa shape index (κ1) is 23.1. The van der Waals surface area contributed by atoms with Crippen LogP contribution in [0.1, 0.15) is 11.1 Å². The van der Waals surface area contributed by atoms with Crippen molar-refractivity contribution in [1.82, 2.24) is 14.7 Å². The quantitative estimate of drug-likeness (QED) is 0.639. The van der Waals surface area contributed by atoms with Gasteiger partial charge in [0.05, 0.1) is 5.56 Å². The Balaban J connectivity index is 1.25. The van der Waals surface area contributed by atoms with Gasteiger partial charge in [0.25, 0.3) is 0 Å². The van der Waals surface area contributed by atoms with E-state index in [1.165, 1.54) is 18.4 Å². The van der Waals surface area contributed by atoms with E-state index in [4.69, 9.17) is 9.15 Å². The van der Waals surface area contributed by atoms with E-state index < -0.39 is 5.63 Å². The summed E-state index contributed by atoms with van der Waals surface area (Å²) in [5.41, 5.74) is 0.570. The van der Waals surface area contributed by atoms with Crippen LogP contribution in [0.15, 0.2) is 39.7 Å². The zero-order valence-corrected chi connectivity index (χ0v) is 19.0. The molecule has 7 nitrogen and oxygen atoms in total. The summed E-state index contributed by atoms with van der Waals surface area (Å²) in [6.07, 6.45) is 1.40. The van der Waals surface area contributed by atoms with Crippen LogP contribution in [0.2, 0.25) is 0 Å². The summed E-state index contributed by atoms with van der Waals surface area (Å²) in [5.74, 6) is 2.64. The monoisotopic (exact) mass is 463 g/mol. The van der Waals surface area contributed by atoms with Crippen LogP contribution in [0.5, 0.6) is 11.5 Å². The minimum absolute atomic E-state index is 0.0783. The average molecular weight is 464 g/mol. The molecule has 0 atom stereocenters. The maximum absolute atomic E-state index is 13.0. The number of rotatable bonds is 8. The Morgan fingerprint density at radius 2 is 1.62 bits per heavy atom. The predicted octanol–water partition coefficient (Wildman–Crippen LogP) is 2.23. The van der Waals surface area contributed by atoms with Crippen LogP contribution in [0.3, 0.4) is 0 Å². The third kappa shape index (κ3) is 6.25. The lowest BCUT2D eigenvalue weighted by Crippen LogP contribution is -2.47. The van der Waals surface area contributed by atoms with Crippen molar-refractivity contribution in [1.29, 1.82) is 0 Å². The lowest BCUT2D eigenvalue weighted by atomic mass is 10.1. The lowest BCUT2D eigenvalue weighted by molar-refractivity contribution is 0.111. The molecule has 3 heterocycles. The Hall–Kier alpha value is -2.07. The molecule has 0 unspecified atom stereocenters. The molecule has 32 heavy (non-hydrogen) atoms. The molecule has 9 heteroatoms. The average Bonchev–Trinajstić information content (AvgIpc) is 2.81. The van der Waals surface area contributed by atoms with Gasteiger partial charge < -0.3 is 14.3 Å². The minimum atomic E-state index is -0.462. The third-order valence-corrected chi connectivity index (χ3v) is 6.92. The molecular formula is C23H30FN3O4S. The van der Waals surface area contributed by atoms with Gasteiger partial charge in [-0.15, -0.1) is 0 Å². The number of benzene rings is 1. The lowest BCUT2D eigenvalue weighted by Gasteiger charge is -2.34. The van der Waals surface area contributed by atoms with Crippen LogP contribution >= 0.6 is 11.8 Å². The van der Waals surface area contributed by atoms with Gasteiger partial charge in [0.15, 0.2) is 0 Å². The van der Waals surface area contributed by atoms with Crippen LogP contribution in [0, 0.1) is 5.82 Å². The molecular weight excluding hydrogens is 433 g/mol. The first-order chi connectivity index (χ1) is 15.6. The number of ether oxygens (including phenoxy) is 1. The molecule has 4 rings (SSSR count). The van der Waals surface area contributed by atoms with Gasteiger partial charge in [-0.05, 0) is 24.3 Å². The van der Waals surface area contributed by atoms with Gasteiger partial charge >= 0.3 is 5.63 Å². The second-order valence-corrected chi connectivity index (χ2v) is 9.41. The number of nitrogens with zero attached hydrogens (tertiary/aromatic N) is 3. The van der Waals surface area contributed by atoms with Crippen molar-refractivity contribution in [3.05, 3.63) is 57.9 Å². The zero-order chi connectivity index (χ0) is 22.3. The largest absolute Gasteiger partial charge is 0.507 e. The molecule has 2 aromatic rings. The number of piperazine rings is 1. The molecule has 1 aromatic carbocycles. The molecule has 0 radical (unpaired) electrons. The van der Waals surface area contributed by atoms with Crippen molar-refractivity contribution >= 4 is 11.8 Å². The van der Waals surface area contributed by atoms with E-state index in [0.717, 1.165) is 57.3 Å².